The molecule has 0 atom stereocenters. The SMILES string of the molecule is CCOC(=O)c1cc(CC)c(C(F)(F)F)nc1N. The lowest BCUT2D eigenvalue weighted by Crippen LogP contribution is -2.17. The fraction of sp³-hybridized carbons (Fsp3) is 0.455. The highest BCUT2D eigenvalue weighted by molar-refractivity contribution is 5.94. The molecule has 0 aliphatic rings. The Labute approximate surface area is 102 Å². The van der Waals surface area contributed by atoms with Gasteiger partial charge in [-0.05, 0) is 25.0 Å². The van der Waals surface area contributed by atoms with E-state index in [2.05, 4.69) is 4.98 Å². The highest BCUT2D eigenvalue weighted by atomic mass is 19.4. The standard InChI is InChI=1S/C11H13F3N2O2/c1-3-6-5-7(10(17)18-4-2)9(15)16-8(6)11(12,13)14/h5H,3-4H2,1-2H3,(H2,15,16). The number of rotatable bonds is 3. The van der Waals surface area contributed by atoms with E-state index in [0.717, 1.165) is 6.07 Å². The zero-order valence-corrected chi connectivity index (χ0v) is 9.97. The van der Waals surface area contributed by atoms with Gasteiger partial charge in [0.05, 0.1) is 6.61 Å². The number of pyridine rings is 1. The van der Waals surface area contributed by atoms with Crippen LogP contribution in [0.15, 0.2) is 6.07 Å². The summed E-state index contributed by atoms with van der Waals surface area (Å²) in [6.45, 7) is 3.24. The monoisotopic (exact) mass is 262 g/mol. The second kappa shape index (κ2) is 5.24. The van der Waals surface area contributed by atoms with Crippen LogP contribution in [0.5, 0.6) is 0 Å². The fourth-order valence-electron chi connectivity index (χ4n) is 1.46. The molecule has 0 unspecified atom stereocenters. The van der Waals surface area contributed by atoms with Gasteiger partial charge in [-0.15, -0.1) is 0 Å². The number of halogens is 3. The maximum atomic E-state index is 12.7. The minimum absolute atomic E-state index is 0.0836. The van der Waals surface area contributed by atoms with E-state index in [0.29, 0.717) is 0 Å². The first-order valence-corrected chi connectivity index (χ1v) is 5.34. The summed E-state index contributed by atoms with van der Waals surface area (Å²) in [4.78, 5) is 14.7. The van der Waals surface area contributed by atoms with Crippen molar-refractivity contribution in [1.29, 1.82) is 0 Å². The molecule has 0 bridgehead atoms. The molecule has 1 aromatic heterocycles. The number of carbonyl (C=O) groups excluding carboxylic acids is 1. The Morgan fingerprint density at radius 1 is 1.44 bits per heavy atom. The summed E-state index contributed by atoms with van der Waals surface area (Å²) in [5.74, 6) is -1.25. The van der Waals surface area contributed by atoms with E-state index >= 15 is 0 Å². The van der Waals surface area contributed by atoms with Gasteiger partial charge in [0.2, 0.25) is 0 Å². The van der Waals surface area contributed by atoms with E-state index in [4.69, 9.17) is 10.5 Å². The number of nitrogens with two attached hydrogens (primary N) is 1. The highest BCUT2D eigenvalue weighted by Gasteiger charge is 2.36. The number of alkyl halides is 3. The lowest BCUT2D eigenvalue weighted by molar-refractivity contribution is -0.141. The average molecular weight is 262 g/mol. The second-order valence-corrected chi connectivity index (χ2v) is 3.50. The van der Waals surface area contributed by atoms with Gasteiger partial charge in [0.25, 0.3) is 0 Å². The van der Waals surface area contributed by atoms with Crippen LogP contribution >= 0.6 is 0 Å². The molecule has 100 valence electrons. The molecule has 1 heterocycles. The van der Waals surface area contributed by atoms with Crippen molar-refractivity contribution in [2.24, 2.45) is 0 Å². The summed E-state index contributed by atoms with van der Waals surface area (Å²) in [7, 11) is 0. The molecule has 0 aliphatic carbocycles. The van der Waals surface area contributed by atoms with Crippen LogP contribution in [-0.4, -0.2) is 17.6 Å². The van der Waals surface area contributed by atoms with Crippen LogP contribution in [0.4, 0.5) is 19.0 Å². The van der Waals surface area contributed by atoms with E-state index in [1.54, 1.807) is 6.92 Å². The van der Waals surface area contributed by atoms with Gasteiger partial charge in [-0.1, -0.05) is 6.92 Å². The summed E-state index contributed by atoms with van der Waals surface area (Å²) in [6.07, 6.45) is -4.50. The Morgan fingerprint density at radius 2 is 2.06 bits per heavy atom. The molecule has 0 saturated carbocycles. The number of aryl methyl sites for hydroxylation is 1. The van der Waals surface area contributed by atoms with Crippen LogP contribution in [-0.2, 0) is 17.3 Å². The molecule has 0 fully saturated rings. The summed E-state index contributed by atoms with van der Waals surface area (Å²) in [5, 5.41) is 0. The molecule has 1 rings (SSSR count). The van der Waals surface area contributed by atoms with Crippen molar-refractivity contribution in [3.8, 4) is 0 Å². The van der Waals surface area contributed by atoms with Gasteiger partial charge in [0, 0.05) is 0 Å². The molecule has 2 N–H and O–H groups in total. The predicted octanol–water partition coefficient (Wildman–Crippen LogP) is 2.42. The molecular weight excluding hydrogens is 249 g/mol. The average Bonchev–Trinajstić information content (AvgIpc) is 2.27. The van der Waals surface area contributed by atoms with Crippen LogP contribution in [0.25, 0.3) is 0 Å². The Morgan fingerprint density at radius 3 is 2.50 bits per heavy atom. The van der Waals surface area contributed by atoms with Crippen molar-refractivity contribution in [1.82, 2.24) is 4.98 Å². The zero-order valence-electron chi connectivity index (χ0n) is 9.97. The molecule has 4 nitrogen and oxygen atoms in total. The minimum atomic E-state index is -4.59. The second-order valence-electron chi connectivity index (χ2n) is 3.50. The van der Waals surface area contributed by atoms with Crippen molar-refractivity contribution in [2.45, 2.75) is 26.4 Å². The first-order valence-electron chi connectivity index (χ1n) is 5.34. The summed E-state index contributed by atoms with van der Waals surface area (Å²) < 4.78 is 42.7. The molecule has 1 aromatic rings. The summed E-state index contributed by atoms with van der Waals surface area (Å²) >= 11 is 0. The van der Waals surface area contributed by atoms with Crippen molar-refractivity contribution in [3.63, 3.8) is 0 Å². The van der Waals surface area contributed by atoms with Crippen LogP contribution in [0.1, 0.15) is 35.5 Å². The fourth-order valence-corrected chi connectivity index (χ4v) is 1.46. The van der Waals surface area contributed by atoms with Gasteiger partial charge in [0.1, 0.15) is 17.1 Å². The first-order chi connectivity index (χ1) is 8.31. The van der Waals surface area contributed by atoms with E-state index in [9.17, 15) is 18.0 Å². The van der Waals surface area contributed by atoms with E-state index in [-0.39, 0.29) is 24.2 Å². The van der Waals surface area contributed by atoms with Gasteiger partial charge in [-0.3, -0.25) is 0 Å². The van der Waals surface area contributed by atoms with Crippen LogP contribution in [0.2, 0.25) is 0 Å². The highest BCUT2D eigenvalue weighted by Crippen LogP contribution is 2.32. The van der Waals surface area contributed by atoms with Gasteiger partial charge in [-0.2, -0.15) is 13.2 Å². The number of ether oxygens (including phenoxy) is 1. The van der Waals surface area contributed by atoms with E-state index in [1.165, 1.54) is 6.92 Å². The Bertz CT molecular complexity index is 458. The largest absolute Gasteiger partial charge is 0.462 e. The third-order valence-corrected chi connectivity index (χ3v) is 2.28. The number of nitrogens with zero attached hydrogens (tertiary/aromatic N) is 1. The molecular formula is C11H13F3N2O2. The molecule has 0 radical (unpaired) electrons. The van der Waals surface area contributed by atoms with Gasteiger partial charge in [0.15, 0.2) is 0 Å². The number of nitrogen functional groups attached to an aromatic ring is 1. The Balaban J connectivity index is 3.31. The van der Waals surface area contributed by atoms with Crippen molar-refractivity contribution in [2.75, 3.05) is 12.3 Å². The van der Waals surface area contributed by atoms with E-state index < -0.39 is 23.7 Å². The predicted molar refractivity (Wildman–Crippen MR) is 59.0 cm³/mol. The number of anilines is 1. The molecule has 0 aromatic carbocycles. The quantitative estimate of drug-likeness (QED) is 0.849. The molecule has 0 amide bonds. The Hall–Kier alpha value is -1.79. The third kappa shape index (κ3) is 2.91. The van der Waals surface area contributed by atoms with Gasteiger partial charge in [-0.25, -0.2) is 9.78 Å². The third-order valence-electron chi connectivity index (χ3n) is 2.28. The molecule has 18 heavy (non-hydrogen) atoms. The Kier molecular flexibility index (Phi) is 4.15. The maximum absolute atomic E-state index is 12.7. The zero-order chi connectivity index (χ0) is 13.9. The number of hydrogen-bond donors (Lipinski definition) is 1. The molecule has 0 aliphatic heterocycles. The number of hydrogen-bond acceptors (Lipinski definition) is 4. The maximum Gasteiger partial charge on any atom is 0.433 e. The number of carbonyl (C=O) groups is 1. The molecule has 0 spiro atoms. The van der Waals surface area contributed by atoms with E-state index in [1.807, 2.05) is 0 Å². The topological polar surface area (TPSA) is 65.2 Å². The lowest BCUT2D eigenvalue weighted by Gasteiger charge is -2.13. The minimum Gasteiger partial charge on any atom is -0.462 e. The first kappa shape index (κ1) is 14.3. The molecule has 0 saturated heterocycles. The summed E-state index contributed by atoms with van der Waals surface area (Å²) in [6, 6.07) is 1.09. The number of esters is 1. The van der Waals surface area contributed by atoms with Crippen molar-refractivity contribution in [3.05, 3.63) is 22.9 Å². The van der Waals surface area contributed by atoms with Crippen LogP contribution < -0.4 is 5.73 Å². The van der Waals surface area contributed by atoms with Crippen LogP contribution in [0.3, 0.4) is 0 Å². The summed E-state index contributed by atoms with van der Waals surface area (Å²) in [5.41, 5.74) is 4.08. The normalized spacial score (nSPS) is 11.4. The smallest absolute Gasteiger partial charge is 0.433 e. The van der Waals surface area contributed by atoms with Gasteiger partial charge >= 0.3 is 12.1 Å². The molecule has 7 heteroatoms. The van der Waals surface area contributed by atoms with Gasteiger partial charge < -0.3 is 10.5 Å². The number of aromatic nitrogens is 1. The van der Waals surface area contributed by atoms with Crippen molar-refractivity contribution >= 4 is 11.8 Å². The lowest BCUT2D eigenvalue weighted by atomic mass is 10.1. The van der Waals surface area contributed by atoms with Crippen molar-refractivity contribution < 1.29 is 22.7 Å². The van der Waals surface area contributed by atoms with Crippen LogP contribution in [0, 0.1) is 0 Å².